The number of benzene rings is 2. The Morgan fingerprint density at radius 2 is 1.77 bits per heavy atom. The van der Waals surface area contributed by atoms with Gasteiger partial charge in [-0.05, 0) is 74.8 Å². The van der Waals surface area contributed by atoms with Gasteiger partial charge >= 0.3 is 0 Å². The van der Waals surface area contributed by atoms with Crippen molar-refractivity contribution in [2.45, 2.75) is 55.6 Å². The van der Waals surface area contributed by atoms with Gasteiger partial charge in [-0.25, -0.2) is 13.1 Å². The van der Waals surface area contributed by atoms with E-state index in [4.69, 9.17) is 16.3 Å². The van der Waals surface area contributed by atoms with Crippen molar-refractivity contribution in [1.82, 2.24) is 9.71 Å². The first-order chi connectivity index (χ1) is 16.7. The molecule has 2 aromatic carbocycles. The Morgan fingerprint density at radius 3 is 2.40 bits per heavy atom. The highest BCUT2D eigenvalue weighted by Crippen LogP contribution is 2.57. The van der Waals surface area contributed by atoms with E-state index >= 15 is 0 Å². The molecule has 184 valence electrons. The van der Waals surface area contributed by atoms with Crippen LogP contribution in [0.2, 0.25) is 5.02 Å². The van der Waals surface area contributed by atoms with E-state index in [1.54, 1.807) is 12.3 Å². The molecule has 1 N–H and O–H groups in total. The highest BCUT2D eigenvalue weighted by atomic mass is 35.5. The lowest BCUT2D eigenvalue weighted by atomic mass is 9.69. The van der Waals surface area contributed by atoms with Crippen molar-refractivity contribution in [3.05, 3.63) is 64.8 Å². The number of hydrogen-bond acceptors (Lipinski definition) is 5. The van der Waals surface area contributed by atoms with E-state index in [0.717, 1.165) is 49.8 Å². The van der Waals surface area contributed by atoms with Crippen molar-refractivity contribution >= 4 is 38.2 Å². The lowest BCUT2D eigenvalue weighted by molar-refractivity contribution is -0.0509. The van der Waals surface area contributed by atoms with Gasteiger partial charge in [0, 0.05) is 36.9 Å². The summed E-state index contributed by atoms with van der Waals surface area (Å²) < 4.78 is 36.1. The average Bonchev–Trinajstić information content (AvgIpc) is 3.10. The van der Waals surface area contributed by atoms with Crippen LogP contribution >= 0.6 is 11.6 Å². The van der Waals surface area contributed by atoms with Crippen LogP contribution in [0, 0.1) is 5.92 Å². The third kappa shape index (κ3) is 3.93. The van der Waals surface area contributed by atoms with Crippen LogP contribution in [0.3, 0.4) is 0 Å². The van der Waals surface area contributed by atoms with Gasteiger partial charge in [0.1, 0.15) is 4.90 Å². The third-order valence-corrected chi connectivity index (χ3v) is 10.0. The summed E-state index contributed by atoms with van der Waals surface area (Å²) in [5.41, 5.74) is 3.51. The Morgan fingerprint density at radius 1 is 1.09 bits per heavy atom. The molecule has 1 aliphatic carbocycles. The van der Waals surface area contributed by atoms with E-state index < -0.39 is 15.6 Å². The summed E-state index contributed by atoms with van der Waals surface area (Å²) >= 11 is 6.49. The molecular formula is C27H30ClN3O3S. The topological polar surface area (TPSA) is 71.5 Å². The monoisotopic (exact) mass is 511 g/mol. The summed E-state index contributed by atoms with van der Waals surface area (Å²) in [5, 5.41) is 0.970. The first-order valence-corrected chi connectivity index (χ1v) is 14.1. The lowest BCUT2D eigenvalue weighted by Crippen LogP contribution is -2.47. The second-order valence-electron chi connectivity index (χ2n) is 10.7. The number of nitrogens with one attached hydrogen (secondary N) is 1. The van der Waals surface area contributed by atoms with Gasteiger partial charge in [-0.3, -0.25) is 4.98 Å². The molecule has 0 radical (unpaired) electrons. The molecule has 0 unspecified atom stereocenters. The predicted octanol–water partition coefficient (Wildman–Crippen LogP) is 4.73. The normalized spacial score (nSPS) is 25.2. The quantitative estimate of drug-likeness (QED) is 0.536. The van der Waals surface area contributed by atoms with Gasteiger partial charge in [-0.15, -0.1) is 0 Å². The van der Waals surface area contributed by atoms with E-state index in [9.17, 15) is 8.42 Å². The summed E-state index contributed by atoms with van der Waals surface area (Å²) in [6.45, 7) is 6.11. The van der Waals surface area contributed by atoms with Crippen molar-refractivity contribution in [2.24, 2.45) is 5.92 Å². The van der Waals surface area contributed by atoms with Crippen LogP contribution in [0.15, 0.2) is 53.6 Å². The van der Waals surface area contributed by atoms with Crippen LogP contribution in [-0.2, 0) is 27.6 Å². The number of anilines is 1. The van der Waals surface area contributed by atoms with Crippen LogP contribution in [0.25, 0.3) is 10.9 Å². The van der Waals surface area contributed by atoms with Crippen molar-refractivity contribution in [3.63, 3.8) is 0 Å². The fourth-order valence-corrected chi connectivity index (χ4v) is 7.92. The van der Waals surface area contributed by atoms with Crippen molar-refractivity contribution < 1.29 is 13.2 Å². The molecule has 4 heterocycles. The number of aromatic nitrogens is 1. The Bertz CT molecular complexity index is 1390. The molecule has 35 heavy (non-hydrogen) atoms. The van der Waals surface area contributed by atoms with Gasteiger partial charge in [0.05, 0.1) is 21.7 Å². The second-order valence-corrected chi connectivity index (χ2v) is 12.8. The zero-order chi connectivity index (χ0) is 24.4. The number of fused-ring (bicyclic) bond motifs is 3. The van der Waals surface area contributed by atoms with Crippen molar-refractivity contribution in [1.29, 1.82) is 0 Å². The highest BCUT2D eigenvalue weighted by molar-refractivity contribution is 7.89. The predicted molar refractivity (Wildman–Crippen MR) is 139 cm³/mol. The minimum absolute atomic E-state index is 0.0427. The molecule has 6 nitrogen and oxygen atoms in total. The summed E-state index contributed by atoms with van der Waals surface area (Å²) in [6, 6.07) is 14.1. The number of sulfonamides is 1. The maximum absolute atomic E-state index is 13.5. The van der Waals surface area contributed by atoms with Crippen LogP contribution in [0.4, 0.5) is 5.69 Å². The molecule has 0 atom stereocenters. The van der Waals surface area contributed by atoms with Crippen LogP contribution < -0.4 is 9.62 Å². The molecule has 3 aromatic rings. The molecular weight excluding hydrogens is 482 g/mol. The Hall–Kier alpha value is -2.19. The Balaban J connectivity index is 1.31. The average molecular weight is 512 g/mol. The second kappa shape index (κ2) is 8.17. The smallest absolute Gasteiger partial charge is 0.244 e. The van der Waals surface area contributed by atoms with Gasteiger partial charge in [-0.2, -0.15) is 0 Å². The first kappa shape index (κ1) is 23.2. The molecule has 0 spiro atoms. The maximum Gasteiger partial charge on any atom is 0.244 e. The molecule has 1 aromatic heterocycles. The minimum atomic E-state index is -3.90. The molecule has 2 bridgehead atoms. The maximum atomic E-state index is 13.5. The minimum Gasteiger partial charge on any atom is -0.370 e. The fourth-order valence-electron chi connectivity index (χ4n) is 6.13. The summed E-state index contributed by atoms with van der Waals surface area (Å²) in [4.78, 5) is 6.86. The van der Waals surface area contributed by atoms with E-state index in [1.165, 1.54) is 11.1 Å². The van der Waals surface area contributed by atoms with Crippen LogP contribution in [0.5, 0.6) is 0 Å². The molecule has 4 aliphatic rings. The summed E-state index contributed by atoms with van der Waals surface area (Å²) in [6.07, 6.45) is 5.33. The van der Waals surface area contributed by atoms with E-state index in [0.29, 0.717) is 11.4 Å². The van der Waals surface area contributed by atoms with Gasteiger partial charge in [0.2, 0.25) is 10.0 Å². The molecule has 1 saturated carbocycles. The molecule has 2 saturated heterocycles. The highest BCUT2D eigenvalue weighted by Gasteiger charge is 2.61. The SMILES string of the molecule is CC1(C)OC2(CNS(=O)(=O)c3c(Cl)ccc4c(N5CCc6ccccc6CC5)ccnc34)CC1C2. The van der Waals surface area contributed by atoms with Gasteiger partial charge in [0.25, 0.3) is 0 Å². The molecule has 0 amide bonds. The van der Waals surface area contributed by atoms with Gasteiger partial charge in [-0.1, -0.05) is 35.9 Å². The molecule has 8 heteroatoms. The van der Waals surface area contributed by atoms with E-state index in [-0.39, 0.29) is 22.1 Å². The van der Waals surface area contributed by atoms with Crippen LogP contribution in [-0.4, -0.2) is 44.2 Å². The van der Waals surface area contributed by atoms with E-state index in [2.05, 4.69) is 52.7 Å². The van der Waals surface area contributed by atoms with E-state index in [1.807, 2.05) is 12.1 Å². The fraction of sp³-hybridized carbons (Fsp3) is 0.444. The zero-order valence-electron chi connectivity index (χ0n) is 20.1. The van der Waals surface area contributed by atoms with Gasteiger partial charge in [0.15, 0.2) is 0 Å². The number of halogens is 1. The molecule has 3 aliphatic heterocycles. The number of rotatable bonds is 5. The summed E-state index contributed by atoms with van der Waals surface area (Å²) in [5.74, 6) is 0.483. The molecule has 7 rings (SSSR count). The third-order valence-electron chi connectivity index (χ3n) is 8.11. The van der Waals surface area contributed by atoms with Crippen molar-refractivity contribution in [3.8, 4) is 0 Å². The Kier molecular flexibility index (Phi) is 5.42. The van der Waals surface area contributed by atoms with Crippen molar-refractivity contribution in [2.75, 3.05) is 24.5 Å². The Labute approximate surface area is 211 Å². The summed E-state index contributed by atoms with van der Waals surface area (Å²) in [7, 11) is -3.90. The molecule has 3 fully saturated rings. The van der Waals surface area contributed by atoms with Gasteiger partial charge < -0.3 is 9.64 Å². The standard InChI is InChI=1S/C27H30ClN3O3S/c1-26(2)20-15-27(16-20,34-26)17-30-35(32,33)25-22(28)8-7-21-23(9-12-29-24(21)25)31-13-10-18-5-3-4-6-19(18)11-14-31/h3-9,12,20,30H,10-11,13-17H2,1-2H3. The largest absolute Gasteiger partial charge is 0.370 e. The lowest BCUT2D eigenvalue weighted by Gasteiger charge is -2.35. The first-order valence-electron chi connectivity index (χ1n) is 12.3. The number of nitrogens with zero attached hydrogens (tertiary/aromatic N) is 2. The number of ether oxygens (including phenoxy) is 1. The number of pyridine rings is 1. The van der Waals surface area contributed by atoms with Crippen LogP contribution in [0.1, 0.15) is 37.8 Å². The zero-order valence-corrected chi connectivity index (χ0v) is 21.6. The number of hydrogen-bond donors (Lipinski definition) is 1.